The molecule has 1 nitrogen and oxygen atoms in total. The van der Waals surface area contributed by atoms with Crippen LogP contribution in [0.2, 0.25) is 19.1 Å². The van der Waals surface area contributed by atoms with E-state index >= 15 is 0 Å². The smallest absolute Gasteiger partial charge is 0.187 e. The van der Waals surface area contributed by atoms with Crippen LogP contribution in [-0.4, -0.2) is 25.1 Å². The molecule has 0 heterocycles. The molecule has 0 aromatic rings. The van der Waals surface area contributed by atoms with E-state index in [0.29, 0.717) is 6.10 Å². The average molecular weight is 346 g/mol. The molecule has 0 aliphatic rings. The second-order valence-electron chi connectivity index (χ2n) is 4.24. The lowest BCUT2D eigenvalue weighted by molar-refractivity contribution is 0.213. The van der Waals surface area contributed by atoms with Crippen LogP contribution >= 0.6 is 31.9 Å². The quantitative estimate of drug-likeness (QED) is 0.463. The van der Waals surface area contributed by atoms with Crippen LogP contribution in [0.15, 0.2) is 0 Å². The normalized spacial score (nSPS) is 14.4. The highest BCUT2D eigenvalue weighted by molar-refractivity contribution is 9.09. The number of alkyl halides is 2. The lowest BCUT2D eigenvalue weighted by atomic mass is 10.3. The van der Waals surface area contributed by atoms with E-state index in [1.165, 1.54) is 18.9 Å². The van der Waals surface area contributed by atoms with E-state index in [1.54, 1.807) is 0 Å². The van der Waals surface area contributed by atoms with Gasteiger partial charge in [0.1, 0.15) is 0 Å². The average Bonchev–Trinajstić information content (AvgIpc) is 2.14. The highest BCUT2D eigenvalue weighted by Gasteiger charge is 2.25. The lowest BCUT2D eigenvalue weighted by Gasteiger charge is -2.28. The first-order valence-electron chi connectivity index (χ1n) is 5.35. The monoisotopic (exact) mass is 344 g/mol. The van der Waals surface area contributed by atoms with Gasteiger partial charge in [0.2, 0.25) is 0 Å². The van der Waals surface area contributed by atoms with Gasteiger partial charge in [0.05, 0.1) is 6.10 Å². The Bertz CT molecular complexity index is 142. The highest BCUT2D eigenvalue weighted by atomic mass is 79.9. The molecule has 14 heavy (non-hydrogen) atoms. The maximum absolute atomic E-state index is 6.19. The van der Waals surface area contributed by atoms with Gasteiger partial charge in [-0.1, -0.05) is 51.6 Å². The predicted octanol–water partition coefficient (Wildman–Crippen LogP) is 4.56. The fourth-order valence-corrected chi connectivity index (χ4v) is 5.04. The van der Waals surface area contributed by atoms with Gasteiger partial charge in [0, 0.05) is 10.7 Å². The number of unbranched alkanes of at least 4 members (excludes halogenated alkanes) is 1. The van der Waals surface area contributed by atoms with Gasteiger partial charge in [-0.05, 0) is 25.6 Å². The van der Waals surface area contributed by atoms with Crippen molar-refractivity contribution >= 4 is 40.2 Å². The van der Waals surface area contributed by atoms with Crippen LogP contribution in [0.3, 0.4) is 0 Å². The highest BCUT2D eigenvalue weighted by Crippen LogP contribution is 2.19. The van der Waals surface area contributed by atoms with Gasteiger partial charge in [-0.15, -0.1) is 0 Å². The van der Waals surface area contributed by atoms with Gasteiger partial charge < -0.3 is 4.43 Å². The van der Waals surface area contributed by atoms with Crippen LogP contribution < -0.4 is 0 Å². The predicted molar refractivity (Wildman–Crippen MR) is 74.3 cm³/mol. The maximum Gasteiger partial charge on any atom is 0.187 e. The molecule has 0 fully saturated rings. The molecule has 0 amide bonds. The Kier molecular flexibility index (Phi) is 8.98. The van der Waals surface area contributed by atoms with E-state index in [0.717, 1.165) is 17.1 Å². The molecular formula is C10H22Br2OSi. The van der Waals surface area contributed by atoms with Crippen molar-refractivity contribution in [3.63, 3.8) is 0 Å². The molecule has 0 aromatic carbocycles. The molecular weight excluding hydrogens is 324 g/mol. The number of halogens is 2. The zero-order valence-corrected chi connectivity index (χ0v) is 13.7. The van der Waals surface area contributed by atoms with E-state index in [1.807, 2.05) is 0 Å². The molecule has 0 aromatic heterocycles. The second kappa shape index (κ2) is 8.31. The van der Waals surface area contributed by atoms with E-state index < -0.39 is 8.32 Å². The van der Waals surface area contributed by atoms with Crippen molar-refractivity contribution in [1.82, 2.24) is 0 Å². The van der Waals surface area contributed by atoms with Crippen molar-refractivity contribution in [3.8, 4) is 0 Å². The SMILES string of the molecule is CCCC[Si](C)(C)OC(CBr)CCBr. The molecule has 4 heteroatoms. The van der Waals surface area contributed by atoms with Crippen LogP contribution in [0.5, 0.6) is 0 Å². The summed E-state index contributed by atoms with van der Waals surface area (Å²) in [7, 11) is -1.40. The van der Waals surface area contributed by atoms with Crippen molar-refractivity contribution in [2.24, 2.45) is 0 Å². The third-order valence-electron chi connectivity index (χ3n) is 2.22. The zero-order chi connectivity index (χ0) is 11.0. The van der Waals surface area contributed by atoms with E-state index in [-0.39, 0.29) is 0 Å². The zero-order valence-electron chi connectivity index (χ0n) is 9.48. The molecule has 86 valence electrons. The number of rotatable bonds is 8. The number of hydrogen-bond acceptors (Lipinski definition) is 1. The topological polar surface area (TPSA) is 9.23 Å². The van der Waals surface area contributed by atoms with Crippen LogP contribution in [0.4, 0.5) is 0 Å². The van der Waals surface area contributed by atoms with Gasteiger partial charge in [0.25, 0.3) is 0 Å². The van der Waals surface area contributed by atoms with Gasteiger partial charge >= 0.3 is 0 Å². The van der Waals surface area contributed by atoms with Crippen LogP contribution in [0.25, 0.3) is 0 Å². The Labute approximate surface area is 106 Å². The van der Waals surface area contributed by atoms with Gasteiger partial charge in [-0.3, -0.25) is 0 Å². The first kappa shape index (κ1) is 15.1. The van der Waals surface area contributed by atoms with Gasteiger partial charge in [0.15, 0.2) is 8.32 Å². The van der Waals surface area contributed by atoms with Crippen molar-refractivity contribution in [3.05, 3.63) is 0 Å². The van der Waals surface area contributed by atoms with Crippen molar-refractivity contribution < 1.29 is 4.43 Å². The van der Waals surface area contributed by atoms with Crippen LogP contribution in [0.1, 0.15) is 26.2 Å². The molecule has 0 N–H and O–H groups in total. The summed E-state index contributed by atoms with van der Waals surface area (Å²) in [5, 5.41) is 1.99. The molecule has 0 aliphatic heterocycles. The summed E-state index contributed by atoms with van der Waals surface area (Å²) in [6.07, 6.45) is 4.08. The lowest BCUT2D eigenvalue weighted by Crippen LogP contribution is -2.36. The molecule has 1 unspecified atom stereocenters. The Morgan fingerprint density at radius 1 is 1.29 bits per heavy atom. The fourth-order valence-electron chi connectivity index (χ4n) is 1.40. The molecule has 0 bridgehead atoms. The molecule has 0 aliphatic carbocycles. The number of hydrogen-bond donors (Lipinski definition) is 0. The summed E-state index contributed by atoms with van der Waals surface area (Å²) in [5.41, 5.74) is 0. The second-order valence-corrected chi connectivity index (χ2v) is 9.93. The Morgan fingerprint density at radius 3 is 2.36 bits per heavy atom. The standard InChI is InChI=1S/C10H22Br2OSi/c1-4-5-8-14(2,3)13-10(9-12)6-7-11/h10H,4-9H2,1-3H3. The molecule has 0 saturated heterocycles. The van der Waals surface area contributed by atoms with Gasteiger partial charge in [-0.2, -0.15) is 0 Å². The minimum absolute atomic E-state index is 0.396. The molecule has 0 saturated carbocycles. The third kappa shape index (κ3) is 7.43. The summed E-state index contributed by atoms with van der Waals surface area (Å²) in [5.74, 6) is 0. The van der Waals surface area contributed by atoms with Crippen LogP contribution in [0, 0.1) is 0 Å². The molecule has 0 spiro atoms. The van der Waals surface area contributed by atoms with E-state index in [2.05, 4.69) is 51.9 Å². The Balaban J connectivity index is 3.89. The molecule has 0 radical (unpaired) electrons. The Hall–Kier alpha value is 1.14. The summed E-state index contributed by atoms with van der Waals surface area (Å²) in [6.45, 7) is 6.89. The fraction of sp³-hybridized carbons (Fsp3) is 1.00. The maximum atomic E-state index is 6.19. The van der Waals surface area contributed by atoms with E-state index in [4.69, 9.17) is 4.43 Å². The summed E-state index contributed by atoms with van der Waals surface area (Å²) < 4.78 is 6.19. The summed E-state index contributed by atoms with van der Waals surface area (Å²) >= 11 is 6.98. The minimum atomic E-state index is -1.40. The molecule has 0 rings (SSSR count). The first-order chi connectivity index (χ1) is 6.55. The van der Waals surface area contributed by atoms with E-state index in [9.17, 15) is 0 Å². The molecule has 1 atom stereocenters. The van der Waals surface area contributed by atoms with Crippen molar-refractivity contribution in [2.45, 2.75) is 51.4 Å². The van der Waals surface area contributed by atoms with Crippen molar-refractivity contribution in [2.75, 3.05) is 10.7 Å². The largest absolute Gasteiger partial charge is 0.414 e. The third-order valence-corrected chi connectivity index (χ3v) is 5.93. The minimum Gasteiger partial charge on any atom is -0.414 e. The summed E-state index contributed by atoms with van der Waals surface area (Å²) in [4.78, 5) is 0. The summed E-state index contributed by atoms with van der Waals surface area (Å²) in [6, 6.07) is 1.29. The van der Waals surface area contributed by atoms with Crippen molar-refractivity contribution in [1.29, 1.82) is 0 Å². The Morgan fingerprint density at radius 2 is 1.93 bits per heavy atom. The first-order valence-corrected chi connectivity index (χ1v) is 10.7. The van der Waals surface area contributed by atoms with Gasteiger partial charge in [-0.25, -0.2) is 0 Å². The van der Waals surface area contributed by atoms with Crippen LogP contribution in [-0.2, 0) is 4.43 Å².